The van der Waals surface area contributed by atoms with E-state index in [1.165, 1.54) is 0 Å². The van der Waals surface area contributed by atoms with Gasteiger partial charge in [0.2, 0.25) is 11.8 Å². The molecule has 0 unspecified atom stereocenters. The van der Waals surface area contributed by atoms with E-state index < -0.39 is 12.0 Å². The smallest absolute Gasteiger partial charge is 0.305 e. The maximum atomic E-state index is 12.5. The lowest BCUT2D eigenvalue weighted by atomic mass is 10.2. The van der Waals surface area contributed by atoms with Crippen LogP contribution in [0.15, 0.2) is 30.3 Å². The molecule has 0 fully saturated rings. The minimum Gasteiger partial charge on any atom is -0.481 e. The zero-order chi connectivity index (χ0) is 25.6. The highest BCUT2D eigenvalue weighted by Crippen LogP contribution is 2.21. The Bertz CT molecular complexity index is 963. The second-order valence-corrected chi connectivity index (χ2v) is 8.12. The zero-order valence-corrected chi connectivity index (χ0v) is 20.7. The lowest BCUT2D eigenvalue weighted by Crippen LogP contribution is -2.45. The van der Waals surface area contributed by atoms with Crippen LogP contribution in [0, 0.1) is 0 Å². The van der Waals surface area contributed by atoms with Gasteiger partial charge in [-0.05, 0) is 31.5 Å². The molecule has 0 saturated carbocycles. The van der Waals surface area contributed by atoms with Gasteiger partial charge in [-0.3, -0.25) is 19.8 Å². The first-order valence-electron chi connectivity index (χ1n) is 11.7. The lowest BCUT2D eigenvalue weighted by molar-refractivity contribution is -0.138. The Morgan fingerprint density at radius 3 is 2.51 bits per heavy atom. The Labute approximate surface area is 205 Å². The predicted molar refractivity (Wildman–Crippen MR) is 132 cm³/mol. The number of para-hydroxylation sites is 1. The van der Waals surface area contributed by atoms with E-state index in [2.05, 4.69) is 32.8 Å². The Hall–Kier alpha value is -2.99. The van der Waals surface area contributed by atoms with Crippen molar-refractivity contribution in [3.8, 4) is 0 Å². The third-order valence-electron chi connectivity index (χ3n) is 5.39. The maximum Gasteiger partial charge on any atom is 0.305 e. The zero-order valence-electron chi connectivity index (χ0n) is 20.7. The summed E-state index contributed by atoms with van der Waals surface area (Å²) in [6, 6.07) is 9.52. The topological polar surface area (TPSA) is 134 Å². The summed E-state index contributed by atoms with van der Waals surface area (Å²) in [7, 11) is 3.81. The van der Waals surface area contributed by atoms with Crippen molar-refractivity contribution in [1.29, 1.82) is 0 Å². The summed E-state index contributed by atoms with van der Waals surface area (Å²) in [5, 5.41) is 17.1. The first-order chi connectivity index (χ1) is 16.8. The van der Waals surface area contributed by atoms with Crippen LogP contribution in [0.5, 0.6) is 0 Å². The van der Waals surface area contributed by atoms with Gasteiger partial charge in [0.1, 0.15) is 6.04 Å². The number of hydrogen-bond donors (Lipinski definition) is 4. The lowest BCUT2D eigenvalue weighted by Gasteiger charge is -2.18. The van der Waals surface area contributed by atoms with E-state index in [1.54, 1.807) is 6.92 Å². The molecule has 2 rings (SSSR count). The van der Waals surface area contributed by atoms with Crippen molar-refractivity contribution in [3.63, 3.8) is 0 Å². The number of carbonyl (C=O) groups excluding carboxylic acids is 2. The van der Waals surface area contributed by atoms with Gasteiger partial charge in [-0.2, -0.15) is 0 Å². The molecule has 0 bridgehead atoms. The molecule has 1 heterocycles. The Kier molecular flexibility index (Phi) is 12.2. The standard InChI is InChI=1S/C24H37N5O6/c1-18(24(33)26-10-13-35-15-14-34-12-9-23(31)32)27-22(30)8-11-29-20(17-28(3)25-2)16-19-6-4-5-7-21(19)29/h4-7,16,18,25H,8-15,17H2,1-3H3,(H,26,33)(H,27,30)(H,31,32)/t18-/m0/s1. The Balaban J connectivity index is 1.71. The van der Waals surface area contributed by atoms with E-state index in [4.69, 9.17) is 14.6 Å². The van der Waals surface area contributed by atoms with Crippen molar-refractivity contribution in [1.82, 2.24) is 25.6 Å². The number of aromatic nitrogens is 1. The summed E-state index contributed by atoms with van der Waals surface area (Å²) in [4.78, 5) is 35.1. The molecule has 0 radical (unpaired) electrons. The summed E-state index contributed by atoms with van der Waals surface area (Å²) in [6.07, 6.45) is 0.202. The summed E-state index contributed by atoms with van der Waals surface area (Å²) in [5.41, 5.74) is 5.25. The highest BCUT2D eigenvalue weighted by molar-refractivity contribution is 5.87. The molecule has 0 aliphatic carbocycles. The molecule has 1 aromatic heterocycles. The quantitative estimate of drug-likeness (QED) is 0.188. The van der Waals surface area contributed by atoms with Crippen molar-refractivity contribution in [3.05, 3.63) is 36.0 Å². The van der Waals surface area contributed by atoms with E-state index >= 15 is 0 Å². The normalized spacial score (nSPS) is 12.1. The van der Waals surface area contributed by atoms with Crippen LogP contribution >= 0.6 is 0 Å². The number of aryl methyl sites for hydroxylation is 1. The fourth-order valence-corrected chi connectivity index (χ4v) is 3.46. The SMILES string of the molecule is CNN(C)Cc1cc2ccccc2n1CCC(=O)N[C@@H](C)C(=O)NCCOCCOCCC(=O)O. The third kappa shape index (κ3) is 10.0. The maximum absolute atomic E-state index is 12.5. The molecular weight excluding hydrogens is 454 g/mol. The van der Waals surface area contributed by atoms with Gasteiger partial charge in [-0.15, -0.1) is 0 Å². The summed E-state index contributed by atoms with van der Waals surface area (Å²) in [5.74, 6) is -1.40. The van der Waals surface area contributed by atoms with Crippen LogP contribution in [-0.2, 0) is 36.9 Å². The van der Waals surface area contributed by atoms with E-state index in [9.17, 15) is 14.4 Å². The van der Waals surface area contributed by atoms with Gasteiger partial charge >= 0.3 is 5.97 Å². The average molecular weight is 492 g/mol. The van der Waals surface area contributed by atoms with Crippen LogP contribution in [0.4, 0.5) is 0 Å². The van der Waals surface area contributed by atoms with Gasteiger partial charge in [0.25, 0.3) is 0 Å². The Morgan fingerprint density at radius 2 is 1.80 bits per heavy atom. The highest BCUT2D eigenvalue weighted by atomic mass is 16.5. The molecule has 0 aliphatic rings. The number of carboxylic acids is 1. The van der Waals surface area contributed by atoms with Crippen molar-refractivity contribution >= 4 is 28.7 Å². The molecule has 2 amide bonds. The summed E-state index contributed by atoms with van der Waals surface area (Å²) < 4.78 is 12.6. The fourth-order valence-electron chi connectivity index (χ4n) is 3.46. The predicted octanol–water partition coefficient (Wildman–Crippen LogP) is 0.726. The number of hydrazine groups is 1. The molecule has 11 heteroatoms. The number of rotatable bonds is 17. The number of hydrogen-bond acceptors (Lipinski definition) is 7. The molecule has 2 aromatic rings. The van der Waals surface area contributed by atoms with Crippen LogP contribution in [0.25, 0.3) is 10.9 Å². The number of nitrogens with one attached hydrogen (secondary N) is 3. The number of fused-ring (bicyclic) bond motifs is 1. The first kappa shape index (κ1) is 28.2. The number of amides is 2. The van der Waals surface area contributed by atoms with E-state index in [1.807, 2.05) is 37.3 Å². The van der Waals surface area contributed by atoms with Gasteiger partial charge in [0, 0.05) is 37.8 Å². The van der Waals surface area contributed by atoms with Crippen LogP contribution < -0.4 is 16.1 Å². The minimum atomic E-state index is -0.907. The van der Waals surface area contributed by atoms with Crippen LogP contribution in [0.2, 0.25) is 0 Å². The van der Waals surface area contributed by atoms with E-state index in [-0.39, 0.29) is 37.9 Å². The van der Waals surface area contributed by atoms with E-state index in [0.29, 0.717) is 32.8 Å². The van der Waals surface area contributed by atoms with Gasteiger partial charge in [-0.25, -0.2) is 5.01 Å². The van der Waals surface area contributed by atoms with Crippen molar-refractivity contribution < 1.29 is 29.0 Å². The molecule has 1 atom stereocenters. The molecule has 194 valence electrons. The van der Waals surface area contributed by atoms with Crippen molar-refractivity contribution in [2.45, 2.75) is 38.9 Å². The molecular formula is C24H37N5O6. The molecule has 0 spiro atoms. The molecule has 0 aliphatic heterocycles. The van der Waals surface area contributed by atoms with Crippen LogP contribution in [0.1, 0.15) is 25.5 Å². The van der Waals surface area contributed by atoms with Gasteiger partial charge in [0.15, 0.2) is 0 Å². The first-order valence-corrected chi connectivity index (χ1v) is 11.7. The van der Waals surface area contributed by atoms with Crippen molar-refractivity contribution in [2.75, 3.05) is 47.1 Å². The second-order valence-electron chi connectivity index (χ2n) is 8.12. The van der Waals surface area contributed by atoms with Crippen LogP contribution in [-0.4, -0.2) is 85.6 Å². The number of carboxylic acid groups (broad SMARTS) is 1. The highest BCUT2D eigenvalue weighted by Gasteiger charge is 2.16. The summed E-state index contributed by atoms with van der Waals surface area (Å²) >= 11 is 0. The molecule has 11 nitrogen and oxygen atoms in total. The molecule has 1 aromatic carbocycles. The number of nitrogens with zero attached hydrogens (tertiary/aromatic N) is 2. The number of carbonyl (C=O) groups is 3. The van der Waals surface area contributed by atoms with Crippen LogP contribution in [0.3, 0.4) is 0 Å². The monoisotopic (exact) mass is 491 g/mol. The molecule has 0 saturated heterocycles. The molecule has 4 N–H and O–H groups in total. The average Bonchev–Trinajstić information content (AvgIpc) is 3.17. The number of benzene rings is 1. The third-order valence-corrected chi connectivity index (χ3v) is 5.39. The summed E-state index contributed by atoms with van der Waals surface area (Å²) in [6.45, 7) is 4.15. The fraction of sp³-hybridized carbons (Fsp3) is 0.542. The number of ether oxygens (including phenoxy) is 2. The Morgan fingerprint density at radius 1 is 1.09 bits per heavy atom. The minimum absolute atomic E-state index is 0.0451. The largest absolute Gasteiger partial charge is 0.481 e. The van der Waals surface area contributed by atoms with Gasteiger partial charge < -0.3 is 29.8 Å². The second kappa shape index (κ2) is 15.1. The van der Waals surface area contributed by atoms with Crippen molar-refractivity contribution in [2.24, 2.45) is 0 Å². The van der Waals surface area contributed by atoms with E-state index in [0.717, 1.165) is 16.6 Å². The number of aliphatic carboxylic acids is 1. The van der Waals surface area contributed by atoms with Gasteiger partial charge in [0.05, 0.1) is 39.4 Å². The molecule has 35 heavy (non-hydrogen) atoms. The van der Waals surface area contributed by atoms with Gasteiger partial charge in [-0.1, -0.05) is 18.2 Å².